The molecule has 0 aliphatic carbocycles. The summed E-state index contributed by atoms with van der Waals surface area (Å²) in [6, 6.07) is 2.00. The van der Waals surface area contributed by atoms with Crippen LogP contribution < -0.4 is 15.2 Å². The van der Waals surface area contributed by atoms with Gasteiger partial charge in [-0.2, -0.15) is 0 Å². The minimum Gasteiger partial charge on any atom is -0.489 e. The Bertz CT molecular complexity index is 421. The van der Waals surface area contributed by atoms with Crippen LogP contribution in [-0.4, -0.2) is 19.8 Å². The number of fused-ring (bicyclic) bond motifs is 1. The van der Waals surface area contributed by atoms with Crippen LogP contribution in [0.15, 0.2) is 6.07 Å². The molecule has 0 amide bonds. The van der Waals surface area contributed by atoms with E-state index < -0.39 is 0 Å². The fourth-order valence-electron chi connectivity index (χ4n) is 2.19. The number of ether oxygens (including phenoxy) is 2. The first-order valence-corrected chi connectivity index (χ1v) is 6.89. The maximum Gasteiger partial charge on any atom is 0.180 e. The minimum atomic E-state index is 0.653. The molecule has 100 valence electrons. The number of halogens is 1. The third kappa shape index (κ3) is 2.90. The van der Waals surface area contributed by atoms with E-state index in [2.05, 4.69) is 6.92 Å². The zero-order chi connectivity index (χ0) is 13.0. The maximum atomic E-state index is 6.27. The third-order valence-electron chi connectivity index (χ3n) is 3.23. The Hall–Kier alpha value is -0.930. The molecule has 1 aromatic rings. The summed E-state index contributed by atoms with van der Waals surface area (Å²) < 4.78 is 11.4. The van der Waals surface area contributed by atoms with Crippen LogP contribution in [0.2, 0.25) is 5.02 Å². The van der Waals surface area contributed by atoms with E-state index >= 15 is 0 Å². The molecule has 0 bridgehead atoms. The van der Waals surface area contributed by atoms with Crippen molar-refractivity contribution in [3.8, 4) is 11.5 Å². The van der Waals surface area contributed by atoms with Crippen molar-refractivity contribution in [3.05, 3.63) is 22.2 Å². The van der Waals surface area contributed by atoms with Crippen molar-refractivity contribution in [2.45, 2.75) is 32.6 Å². The van der Waals surface area contributed by atoms with Crippen molar-refractivity contribution < 1.29 is 9.47 Å². The van der Waals surface area contributed by atoms with Gasteiger partial charge >= 0.3 is 0 Å². The number of aryl methyl sites for hydroxylation is 1. The molecule has 4 heteroatoms. The molecule has 0 saturated carbocycles. The molecule has 2 rings (SSSR count). The van der Waals surface area contributed by atoms with Gasteiger partial charge in [-0.1, -0.05) is 11.6 Å². The third-order valence-corrected chi connectivity index (χ3v) is 3.51. The van der Waals surface area contributed by atoms with E-state index in [1.54, 1.807) is 0 Å². The normalized spacial score (nSPS) is 14.4. The highest BCUT2D eigenvalue weighted by Crippen LogP contribution is 2.41. The van der Waals surface area contributed by atoms with Gasteiger partial charge in [-0.25, -0.2) is 0 Å². The lowest BCUT2D eigenvalue weighted by Crippen LogP contribution is -2.02. The summed E-state index contributed by atoms with van der Waals surface area (Å²) in [6.07, 6.45) is 3.99. The summed E-state index contributed by atoms with van der Waals surface area (Å²) in [4.78, 5) is 0. The lowest BCUT2D eigenvalue weighted by atomic mass is 10.0. The summed E-state index contributed by atoms with van der Waals surface area (Å²) in [6.45, 7) is 4.16. The monoisotopic (exact) mass is 269 g/mol. The quantitative estimate of drug-likeness (QED) is 0.855. The van der Waals surface area contributed by atoms with Crippen molar-refractivity contribution in [1.82, 2.24) is 0 Å². The van der Waals surface area contributed by atoms with E-state index in [1.807, 2.05) is 6.07 Å². The highest BCUT2D eigenvalue weighted by molar-refractivity contribution is 6.32. The molecule has 3 nitrogen and oxygen atoms in total. The Morgan fingerprint density at radius 1 is 1.22 bits per heavy atom. The average Bonchev–Trinajstić information content (AvgIpc) is 2.61. The van der Waals surface area contributed by atoms with E-state index in [0.29, 0.717) is 24.0 Å². The van der Waals surface area contributed by atoms with Gasteiger partial charge in [-0.15, -0.1) is 0 Å². The summed E-state index contributed by atoms with van der Waals surface area (Å²) in [7, 11) is 0. The Morgan fingerprint density at radius 3 is 2.67 bits per heavy atom. The van der Waals surface area contributed by atoms with Crippen molar-refractivity contribution in [1.29, 1.82) is 0 Å². The molecular formula is C14H20ClNO2. The van der Waals surface area contributed by atoms with Crippen LogP contribution in [0.3, 0.4) is 0 Å². The number of rotatable bonds is 4. The number of hydrogen-bond donors (Lipinski definition) is 1. The first-order chi connectivity index (χ1) is 8.74. The zero-order valence-corrected chi connectivity index (χ0v) is 11.6. The fourth-order valence-corrected chi connectivity index (χ4v) is 2.46. The minimum absolute atomic E-state index is 0.653. The predicted octanol–water partition coefficient (Wildman–Crippen LogP) is 3.09. The summed E-state index contributed by atoms with van der Waals surface area (Å²) in [5.74, 6) is 1.52. The zero-order valence-electron chi connectivity index (χ0n) is 10.8. The van der Waals surface area contributed by atoms with E-state index in [0.717, 1.165) is 43.5 Å². The Kier molecular flexibility index (Phi) is 4.72. The van der Waals surface area contributed by atoms with Crippen LogP contribution in [0, 0.1) is 6.92 Å². The molecule has 0 unspecified atom stereocenters. The van der Waals surface area contributed by atoms with Crippen LogP contribution in [-0.2, 0) is 6.42 Å². The lowest BCUT2D eigenvalue weighted by Gasteiger charge is -2.15. The molecule has 18 heavy (non-hydrogen) atoms. The van der Waals surface area contributed by atoms with Crippen LogP contribution in [0.1, 0.15) is 30.4 Å². The second-order valence-electron chi connectivity index (χ2n) is 4.60. The fraction of sp³-hybridized carbons (Fsp3) is 0.571. The Labute approximate surface area is 113 Å². The molecular weight excluding hydrogens is 250 g/mol. The summed E-state index contributed by atoms with van der Waals surface area (Å²) in [5, 5.41) is 0.653. The van der Waals surface area contributed by atoms with Gasteiger partial charge in [0.1, 0.15) is 0 Å². The molecule has 0 radical (unpaired) electrons. The standard InChI is InChI=1S/C14H20ClNO2/c1-10-11(5-2-3-6-16)9-12(15)14-13(10)17-7-4-8-18-14/h9H,2-8,16H2,1H3. The van der Waals surface area contributed by atoms with Gasteiger partial charge in [0.15, 0.2) is 11.5 Å². The number of unbranched alkanes of at least 4 members (excludes halogenated alkanes) is 1. The highest BCUT2D eigenvalue weighted by Gasteiger charge is 2.19. The van der Waals surface area contributed by atoms with Crippen molar-refractivity contribution in [2.24, 2.45) is 5.73 Å². The van der Waals surface area contributed by atoms with E-state index in [-0.39, 0.29) is 0 Å². The van der Waals surface area contributed by atoms with Crippen LogP contribution in [0.5, 0.6) is 11.5 Å². The van der Waals surface area contributed by atoms with Crippen LogP contribution in [0.4, 0.5) is 0 Å². The summed E-state index contributed by atoms with van der Waals surface area (Å²) in [5.41, 5.74) is 7.90. The maximum absolute atomic E-state index is 6.27. The summed E-state index contributed by atoms with van der Waals surface area (Å²) >= 11 is 6.27. The smallest absolute Gasteiger partial charge is 0.180 e. The predicted molar refractivity (Wildman–Crippen MR) is 73.8 cm³/mol. The molecule has 0 atom stereocenters. The van der Waals surface area contributed by atoms with Crippen molar-refractivity contribution in [3.63, 3.8) is 0 Å². The van der Waals surface area contributed by atoms with E-state index in [9.17, 15) is 0 Å². The molecule has 2 N–H and O–H groups in total. The molecule has 1 aliphatic heterocycles. The van der Waals surface area contributed by atoms with Crippen LogP contribution in [0.25, 0.3) is 0 Å². The topological polar surface area (TPSA) is 44.5 Å². The molecule has 0 fully saturated rings. The first-order valence-electron chi connectivity index (χ1n) is 6.51. The van der Waals surface area contributed by atoms with Gasteiger partial charge in [-0.05, 0) is 49.9 Å². The van der Waals surface area contributed by atoms with Crippen LogP contribution >= 0.6 is 11.6 Å². The van der Waals surface area contributed by atoms with Gasteiger partial charge in [0.05, 0.1) is 18.2 Å². The second-order valence-corrected chi connectivity index (χ2v) is 5.00. The molecule has 0 aromatic heterocycles. The average molecular weight is 270 g/mol. The second kappa shape index (κ2) is 6.30. The van der Waals surface area contributed by atoms with Gasteiger partial charge < -0.3 is 15.2 Å². The Balaban J connectivity index is 2.27. The SMILES string of the molecule is Cc1c(CCCCN)cc(Cl)c2c1OCCCO2. The van der Waals surface area contributed by atoms with Gasteiger partial charge in [0.25, 0.3) is 0 Å². The highest BCUT2D eigenvalue weighted by atomic mass is 35.5. The van der Waals surface area contributed by atoms with Gasteiger partial charge in [0, 0.05) is 6.42 Å². The number of nitrogens with two attached hydrogens (primary N) is 1. The Morgan fingerprint density at radius 2 is 1.94 bits per heavy atom. The van der Waals surface area contributed by atoms with E-state index in [1.165, 1.54) is 5.56 Å². The molecule has 1 aromatic carbocycles. The molecule has 1 heterocycles. The van der Waals surface area contributed by atoms with Gasteiger partial charge in [0.2, 0.25) is 0 Å². The molecule has 0 spiro atoms. The number of hydrogen-bond acceptors (Lipinski definition) is 3. The van der Waals surface area contributed by atoms with E-state index in [4.69, 9.17) is 26.8 Å². The van der Waals surface area contributed by atoms with Gasteiger partial charge in [-0.3, -0.25) is 0 Å². The first kappa shape index (κ1) is 13.5. The lowest BCUT2D eigenvalue weighted by molar-refractivity contribution is 0.296. The number of benzene rings is 1. The molecule has 1 aliphatic rings. The van der Waals surface area contributed by atoms with Crippen molar-refractivity contribution in [2.75, 3.05) is 19.8 Å². The van der Waals surface area contributed by atoms with Crippen molar-refractivity contribution >= 4 is 11.6 Å². The molecule has 0 saturated heterocycles. The largest absolute Gasteiger partial charge is 0.489 e.